The third kappa shape index (κ3) is 4.46. The molecule has 0 unspecified atom stereocenters. The van der Waals surface area contributed by atoms with Crippen LogP contribution in [0.25, 0.3) is 11.5 Å². The maximum atomic E-state index is 13.0. The number of carbonyl (C=O) groups is 1. The Kier molecular flexibility index (Phi) is 6.83. The minimum absolute atomic E-state index is 0.200. The Morgan fingerprint density at radius 1 is 1.18 bits per heavy atom. The fourth-order valence-electron chi connectivity index (χ4n) is 3.58. The number of carbonyl (C=O) groups excluding carboxylic acids is 1. The second-order valence-corrected chi connectivity index (χ2v) is 7.58. The first kappa shape index (κ1) is 22.9. The van der Waals surface area contributed by atoms with Crippen LogP contribution in [-0.4, -0.2) is 55.4 Å². The van der Waals surface area contributed by atoms with Crippen LogP contribution in [0.5, 0.6) is 0 Å². The van der Waals surface area contributed by atoms with E-state index >= 15 is 0 Å². The van der Waals surface area contributed by atoms with Crippen LogP contribution >= 0.6 is 0 Å². The summed E-state index contributed by atoms with van der Waals surface area (Å²) in [5.41, 5.74) is 0.848. The van der Waals surface area contributed by atoms with Crippen LogP contribution < -0.4 is 21.5 Å². The topological polar surface area (TPSA) is 138 Å². The molecule has 1 amide bonds. The average Bonchev–Trinajstić information content (AvgIpc) is 3.28. The second-order valence-electron chi connectivity index (χ2n) is 7.58. The zero-order chi connectivity index (χ0) is 24.1. The second kappa shape index (κ2) is 10.1. The van der Waals surface area contributed by atoms with Gasteiger partial charge in [0.1, 0.15) is 28.7 Å². The van der Waals surface area contributed by atoms with Crippen LogP contribution in [0.2, 0.25) is 0 Å². The summed E-state index contributed by atoms with van der Waals surface area (Å²) < 4.78 is 3.02. The molecule has 1 aliphatic rings. The van der Waals surface area contributed by atoms with Crippen molar-refractivity contribution in [2.45, 2.75) is 25.3 Å². The summed E-state index contributed by atoms with van der Waals surface area (Å²) in [5, 5.41) is 20.5. The van der Waals surface area contributed by atoms with E-state index in [-0.39, 0.29) is 17.5 Å². The molecule has 0 aliphatic heterocycles. The number of aliphatic hydroxyl groups excluding tert-OH is 1. The molecule has 0 saturated heterocycles. The van der Waals surface area contributed by atoms with Gasteiger partial charge < -0.3 is 21.1 Å². The van der Waals surface area contributed by atoms with Crippen molar-refractivity contribution in [3.63, 3.8) is 0 Å². The first-order valence-electron chi connectivity index (χ1n) is 10.9. The Morgan fingerprint density at radius 3 is 2.68 bits per heavy atom. The van der Waals surface area contributed by atoms with Gasteiger partial charge in [0, 0.05) is 38.7 Å². The van der Waals surface area contributed by atoms with Crippen molar-refractivity contribution in [1.29, 1.82) is 0 Å². The number of amides is 1. The van der Waals surface area contributed by atoms with E-state index in [1.807, 2.05) is 6.07 Å². The molecule has 176 valence electrons. The van der Waals surface area contributed by atoms with E-state index in [4.69, 9.17) is 5.11 Å². The smallest absolute Gasteiger partial charge is 0.279 e. The van der Waals surface area contributed by atoms with E-state index in [9.17, 15) is 9.59 Å². The third-order valence-electron chi connectivity index (χ3n) is 5.52. The SMILES string of the molecule is CNc1cc(Nc2cccn(-c3ccccn3)c2=O)nc2c(C(=O)NC3CCC3)cnn12.CO. The normalized spacial score (nSPS) is 12.9. The summed E-state index contributed by atoms with van der Waals surface area (Å²) in [6.07, 6.45) is 7.91. The van der Waals surface area contributed by atoms with Gasteiger partial charge in [0.05, 0.1) is 6.20 Å². The van der Waals surface area contributed by atoms with E-state index in [2.05, 4.69) is 31.0 Å². The van der Waals surface area contributed by atoms with Gasteiger partial charge >= 0.3 is 0 Å². The Morgan fingerprint density at radius 2 is 2.00 bits per heavy atom. The Bertz CT molecular complexity index is 1350. The van der Waals surface area contributed by atoms with Gasteiger partial charge in [0.25, 0.3) is 11.5 Å². The lowest BCUT2D eigenvalue weighted by molar-refractivity contribution is 0.0918. The number of anilines is 3. The van der Waals surface area contributed by atoms with Crippen molar-refractivity contribution < 1.29 is 9.90 Å². The van der Waals surface area contributed by atoms with Crippen molar-refractivity contribution in [3.05, 3.63) is 70.9 Å². The van der Waals surface area contributed by atoms with E-state index in [0.717, 1.165) is 26.4 Å². The van der Waals surface area contributed by atoms with E-state index in [1.165, 1.54) is 10.8 Å². The number of hydrogen-bond donors (Lipinski definition) is 4. The highest BCUT2D eigenvalue weighted by Gasteiger charge is 2.23. The number of nitrogens with zero attached hydrogens (tertiary/aromatic N) is 5. The van der Waals surface area contributed by atoms with Crippen molar-refractivity contribution >= 4 is 28.9 Å². The van der Waals surface area contributed by atoms with Crippen LogP contribution in [0.4, 0.5) is 17.3 Å². The Hall–Kier alpha value is -4.25. The van der Waals surface area contributed by atoms with Gasteiger partial charge in [-0.25, -0.2) is 9.97 Å². The van der Waals surface area contributed by atoms with Gasteiger partial charge in [-0.1, -0.05) is 6.07 Å². The summed E-state index contributed by atoms with van der Waals surface area (Å²) in [4.78, 5) is 34.6. The van der Waals surface area contributed by atoms with Crippen molar-refractivity contribution in [2.75, 3.05) is 24.8 Å². The molecule has 4 aromatic rings. The largest absolute Gasteiger partial charge is 0.400 e. The molecule has 1 fully saturated rings. The van der Waals surface area contributed by atoms with Crippen LogP contribution in [0.3, 0.4) is 0 Å². The number of nitrogens with one attached hydrogen (secondary N) is 3. The number of fused-ring (bicyclic) bond motifs is 1. The number of pyridine rings is 2. The van der Waals surface area contributed by atoms with Gasteiger partial charge in [-0.2, -0.15) is 9.61 Å². The summed E-state index contributed by atoms with van der Waals surface area (Å²) in [7, 11) is 2.75. The number of aromatic nitrogens is 5. The molecule has 0 radical (unpaired) electrons. The summed E-state index contributed by atoms with van der Waals surface area (Å²) in [6, 6.07) is 10.7. The molecular formula is C23H26N8O3. The zero-order valence-corrected chi connectivity index (χ0v) is 18.9. The van der Waals surface area contributed by atoms with Crippen LogP contribution in [-0.2, 0) is 0 Å². The molecule has 0 aromatic carbocycles. The van der Waals surface area contributed by atoms with Gasteiger partial charge in [-0.3, -0.25) is 14.2 Å². The summed E-state index contributed by atoms with van der Waals surface area (Å²) >= 11 is 0. The van der Waals surface area contributed by atoms with Crippen LogP contribution in [0, 0.1) is 0 Å². The lowest BCUT2D eigenvalue weighted by Crippen LogP contribution is -2.39. The molecule has 1 aliphatic carbocycles. The standard InChI is InChI=1S/C22H22N8O2.CH4O/c1-23-19-12-17(27-16-8-5-11-29(22(16)32)18-9-2-3-10-24-18)28-20-15(13-25-30(19)20)21(31)26-14-6-4-7-14;1-2/h2-3,5,8-14,23H,4,6-7H2,1H3,(H,26,31)(H,27,28);2H,1H3. The fourth-order valence-corrected chi connectivity index (χ4v) is 3.58. The monoisotopic (exact) mass is 462 g/mol. The predicted octanol–water partition coefficient (Wildman–Crippen LogP) is 1.95. The Labute approximate surface area is 195 Å². The van der Waals surface area contributed by atoms with E-state index in [0.29, 0.717) is 34.4 Å². The molecule has 4 N–H and O–H groups in total. The first-order chi connectivity index (χ1) is 16.6. The molecule has 0 spiro atoms. The Balaban J connectivity index is 0.00000133. The molecular weight excluding hydrogens is 436 g/mol. The molecule has 5 rings (SSSR count). The minimum atomic E-state index is -0.268. The molecule has 0 bridgehead atoms. The van der Waals surface area contributed by atoms with Crippen LogP contribution in [0.1, 0.15) is 29.6 Å². The van der Waals surface area contributed by atoms with Crippen molar-refractivity contribution in [3.8, 4) is 5.82 Å². The lowest BCUT2D eigenvalue weighted by Gasteiger charge is -2.26. The lowest BCUT2D eigenvalue weighted by atomic mass is 9.93. The number of rotatable bonds is 6. The summed E-state index contributed by atoms with van der Waals surface area (Å²) in [6.45, 7) is 0. The molecule has 11 heteroatoms. The highest BCUT2D eigenvalue weighted by atomic mass is 16.2. The predicted molar refractivity (Wildman–Crippen MR) is 129 cm³/mol. The molecule has 0 atom stereocenters. The fraction of sp³-hybridized carbons (Fsp3) is 0.261. The maximum Gasteiger partial charge on any atom is 0.279 e. The molecule has 4 aromatic heterocycles. The minimum Gasteiger partial charge on any atom is -0.400 e. The third-order valence-corrected chi connectivity index (χ3v) is 5.52. The highest BCUT2D eigenvalue weighted by Crippen LogP contribution is 2.22. The van der Waals surface area contributed by atoms with Gasteiger partial charge in [0.2, 0.25) is 0 Å². The first-order valence-corrected chi connectivity index (χ1v) is 10.9. The average molecular weight is 463 g/mol. The van der Waals surface area contributed by atoms with Crippen LogP contribution in [0.15, 0.2) is 59.8 Å². The zero-order valence-electron chi connectivity index (χ0n) is 18.9. The van der Waals surface area contributed by atoms with Gasteiger partial charge in [-0.05, 0) is 43.5 Å². The van der Waals surface area contributed by atoms with E-state index in [1.54, 1.807) is 54.3 Å². The van der Waals surface area contributed by atoms with Gasteiger partial charge in [0.15, 0.2) is 5.65 Å². The summed E-state index contributed by atoms with van der Waals surface area (Å²) in [5.74, 6) is 1.36. The van der Waals surface area contributed by atoms with Crippen molar-refractivity contribution in [1.82, 2.24) is 29.5 Å². The molecule has 11 nitrogen and oxygen atoms in total. The molecule has 34 heavy (non-hydrogen) atoms. The van der Waals surface area contributed by atoms with Gasteiger partial charge in [-0.15, -0.1) is 0 Å². The maximum absolute atomic E-state index is 13.0. The number of hydrogen-bond acceptors (Lipinski definition) is 8. The van der Waals surface area contributed by atoms with Crippen molar-refractivity contribution in [2.24, 2.45) is 0 Å². The quantitative estimate of drug-likeness (QED) is 0.341. The van der Waals surface area contributed by atoms with E-state index < -0.39 is 0 Å². The highest BCUT2D eigenvalue weighted by molar-refractivity contribution is 6.00. The number of aliphatic hydroxyl groups is 1. The molecule has 4 heterocycles. The molecule has 1 saturated carbocycles.